The Hall–Kier alpha value is -2.75. The van der Waals surface area contributed by atoms with Gasteiger partial charge in [-0.25, -0.2) is 0 Å². The van der Waals surface area contributed by atoms with E-state index in [0.29, 0.717) is 36.3 Å². The van der Waals surface area contributed by atoms with Crippen LogP contribution in [-0.4, -0.2) is 70.3 Å². The zero-order chi connectivity index (χ0) is 24.0. The van der Waals surface area contributed by atoms with Crippen LogP contribution in [0.3, 0.4) is 0 Å². The fourth-order valence-electron chi connectivity index (χ4n) is 3.43. The van der Waals surface area contributed by atoms with E-state index in [4.69, 9.17) is 9.47 Å². The number of methoxy groups -OCH3 is 1. The van der Waals surface area contributed by atoms with E-state index in [1.807, 2.05) is 49.7 Å². The molecule has 9 heteroatoms. The molecule has 0 atom stereocenters. The monoisotopic (exact) mass is 472 g/mol. The summed E-state index contributed by atoms with van der Waals surface area (Å²) in [4.78, 5) is 2.16. The second-order valence-electron chi connectivity index (χ2n) is 8.28. The van der Waals surface area contributed by atoms with Crippen LogP contribution in [-0.2, 0) is 11.3 Å². The predicted molar refractivity (Wildman–Crippen MR) is 131 cm³/mol. The first kappa shape index (κ1) is 24.9. The molecule has 0 fully saturated rings. The molecule has 0 aliphatic carbocycles. The van der Waals surface area contributed by atoms with E-state index in [-0.39, 0.29) is 17.4 Å². The molecule has 2 N–H and O–H groups in total. The molecule has 178 valence electrons. The third-order valence-corrected chi connectivity index (χ3v) is 5.75. The van der Waals surface area contributed by atoms with E-state index < -0.39 is 0 Å². The molecular weight excluding hydrogens is 440 g/mol. The number of hydrogen-bond donors (Lipinski definition) is 3. The Morgan fingerprint density at radius 3 is 2.39 bits per heavy atom. The molecule has 2 aromatic carbocycles. The van der Waals surface area contributed by atoms with Gasteiger partial charge in [0.15, 0.2) is 11.0 Å². The molecule has 0 amide bonds. The molecule has 1 heterocycles. The number of nitrogens with zero attached hydrogens (tertiary/aromatic N) is 4. The Kier molecular flexibility index (Phi) is 8.60. The summed E-state index contributed by atoms with van der Waals surface area (Å²) in [5, 5.41) is 29.4. The topological polar surface area (TPSA) is 92.9 Å². The molecular formula is C24H32N4O4S. The number of phenols is 2. The minimum Gasteiger partial charge on any atom is -0.508 e. The lowest BCUT2D eigenvalue weighted by atomic mass is 9.98. The number of hydrogen-bond acceptors (Lipinski definition) is 8. The van der Waals surface area contributed by atoms with E-state index in [1.54, 1.807) is 13.2 Å². The van der Waals surface area contributed by atoms with Crippen molar-refractivity contribution in [2.75, 3.05) is 40.5 Å². The quantitative estimate of drug-likeness (QED) is 0.366. The van der Waals surface area contributed by atoms with Crippen LogP contribution in [0.5, 0.6) is 17.2 Å². The number of rotatable bonds is 11. The number of benzene rings is 2. The number of aromatic hydroxyl groups is 2. The highest BCUT2D eigenvalue weighted by Crippen LogP contribution is 2.37. The maximum Gasteiger partial charge on any atom is 0.188 e. The molecule has 0 aliphatic heterocycles. The van der Waals surface area contributed by atoms with Crippen LogP contribution in [0, 0.1) is 0 Å². The molecule has 0 radical (unpaired) electrons. The predicted octanol–water partition coefficient (Wildman–Crippen LogP) is 3.77. The van der Waals surface area contributed by atoms with Crippen LogP contribution in [0.4, 0.5) is 0 Å². The summed E-state index contributed by atoms with van der Waals surface area (Å²) < 4.78 is 12.7. The molecule has 0 spiro atoms. The Morgan fingerprint density at radius 1 is 1.03 bits per heavy atom. The molecule has 0 aliphatic rings. The van der Waals surface area contributed by atoms with Gasteiger partial charge in [-0.1, -0.05) is 26.0 Å². The van der Waals surface area contributed by atoms with Crippen molar-refractivity contribution in [1.29, 1.82) is 0 Å². The van der Waals surface area contributed by atoms with Gasteiger partial charge in [0.25, 0.3) is 0 Å². The summed E-state index contributed by atoms with van der Waals surface area (Å²) in [5.74, 6) is 1.37. The van der Waals surface area contributed by atoms with E-state index >= 15 is 0 Å². The number of likely N-dealkylation sites (N-methyl/N-ethyl adjacent to an activating group) is 1. The number of thiol groups is 1. The SMILES string of the molecule is COCCN(C)CCOc1ccc(Cn2c(S)nnc2-c2cc(C(C)C)c(O)cc2O)cc1. The maximum atomic E-state index is 10.5. The van der Waals surface area contributed by atoms with E-state index in [0.717, 1.165) is 30.0 Å². The minimum absolute atomic E-state index is 0.0573. The van der Waals surface area contributed by atoms with Gasteiger partial charge < -0.3 is 24.6 Å². The summed E-state index contributed by atoms with van der Waals surface area (Å²) in [6.07, 6.45) is 0. The van der Waals surface area contributed by atoms with Gasteiger partial charge in [0, 0.05) is 26.3 Å². The standard InChI is InChI=1S/C24H32N4O4S/c1-16(2)19-13-20(22(30)14-21(19)29)23-25-26-24(33)28(23)15-17-5-7-18(8-6-17)32-12-10-27(3)9-11-31-4/h5-8,13-14,16,29-30H,9-12,15H2,1-4H3,(H,26,33). The van der Waals surface area contributed by atoms with Gasteiger partial charge in [-0.2, -0.15) is 0 Å². The highest BCUT2D eigenvalue weighted by Gasteiger charge is 2.19. The van der Waals surface area contributed by atoms with Crippen LogP contribution in [0.15, 0.2) is 41.6 Å². The average molecular weight is 473 g/mol. The lowest BCUT2D eigenvalue weighted by Gasteiger charge is -2.16. The second kappa shape index (κ2) is 11.4. The van der Waals surface area contributed by atoms with Gasteiger partial charge in [0.1, 0.15) is 23.9 Å². The number of ether oxygens (including phenoxy) is 2. The Bertz CT molecular complexity index is 1050. The van der Waals surface area contributed by atoms with Gasteiger partial charge in [-0.15, -0.1) is 22.8 Å². The molecule has 3 rings (SSSR count). The fourth-order valence-corrected chi connectivity index (χ4v) is 3.64. The van der Waals surface area contributed by atoms with Crippen molar-refractivity contribution in [2.45, 2.75) is 31.5 Å². The zero-order valence-electron chi connectivity index (χ0n) is 19.5. The van der Waals surface area contributed by atoms with Crippen LogP contribution >= 0.6 is 12.6 Å². The van der Waals surface area contributed by atoms with Crippen molar-refractivity contribution >= 4 is 12.6 Å². The smallest absolute Gasteiger partial charge is 0.188 e. The summed E-state index contributed by atoms with van der Waals surface area (Å²) in [5.41, 5.74) is 2.24. The van der Waals surface area contributed by atoms with Crippen LogP contribution < -0.4 is 4.74 Å². The normalized spacial score (nSPS) is 11.5. The highest BCUT2D eigenvalue weighted by molar-refractivity contribution is 7.80. The Balaban J connectivity index is 1.72. The average Bonchev–Trinajstić information content (AvgIpc) is 3.13. The molecule has 8 nitrogen and oxygen atoms in total. The van der Waals surface area contributed by atoms with Crippen molar-refractivity contribution in [3.05, 3.63) is 47.5 Å². The number of aromatic nitrogens is 3. The highest BCUT2D eigenvalue weighted by atomic mass is 32.1. The summed E-state index contributed by atoms with van der Waals surface area (Å²) in [7, 11) is 3.73. The fraction of sp³-hybridized carbons (Fsp3) is 0.417. The maximum absolute atomic E-state index is 10.5. The van der Waals surface area contributed by atoms with E-state index in [1.165, 1.54) is 6.07 Å². The molecule has 0 saturated heterocycles. The minimum atomic E-state index is -0.0573. The van der Waals surface area contributed by atoms with Gasteiger partial charge in [0.2, 0.25) is 0 Å². The van der Waals surface area contributed by atoms with Crippen molar-refractivity contribution in [2.24, 2.45) is 0 Å². The second-order valence-corrected chi connectivity index (χ2v) is 8.68. The Labute approximate surface area is 200 Å². The largest absolute Gasteiger partial charge is 0.508 e. The first-order valence-electron chi connectivity index (χ1n) is 10.9. The van der Waals surface area contributed by atoms with Crippen LogP contribution in [0.2, 0.25) is 0 Å². The van der Waals surface area contributed by atoms with Gasteiger partial charge in [-0.05, 0) is 42.3 Å². The molecule has 0 saturated carbocycles. The van der Waals surface area contributed by atoms with Crippen LogP contribution in [0.25, 0.3) is 11.4 Å². The number of phenolic OH excluding ortho intramolecular Hbond substituents is 2. The summed E-state index contributed by atoms with van der Waals surface area (Å²) in [6, 6.07) is 10.9. The lowest BCUT2D eigenvalue weighted by Crippen LogP contribution is -2.27. The summed E-state index contributed by atoms with van der Waals surface area (Å²) in [6.45, 7) is 7.39. The van der Waals surface area contributed by atoms with Gasteiger partial charge in [0.05, 0.1) is 18.7 Å². The van der Waals surface area contributed by atoms with Gasteiger partial charge >= 0.3 is 0 Å². The van der Waals surface area contributed by atoms with E-state index in [2.05, 4.69) is 27.7 Å². The van der Waals surface area contributed by atoms with E-state index in [9.17, 15) is 10.2 Å². The molecule has 3 aromatic rings. The zero-order valence-corrected chi connectivity index (χ0v) is 20.4. The third kappa shape index (κ3) is 6.40. The van der Waals surface area contributed by atoms with Gasteiger partial charge in [-0.3, -0.25) is 4.57 Å². The summed E-state index contributed by atoms with van der Waals surface area (Å²) >= 11 is 4.45. The molecule has 33 heavy (non-hydrogen) atoms. The molecule has 1 aromatic heterocycles. The first-order valence-corrected chi connectivity index (χ1v) is 11.3. The Morgan fingerprint density at radius 2 is 1.73 bits per heavy atom. The lowest BCUT2D eigenvalue weighted by molar-refractivity contribution is 0.150. The van der Waals surface area contributed by atoms with Crippen molar-refractivity contribution < 1.29 is 19.7 Å². The van der Waals surface area contributed by atoms with Crippen molar-refractivity contribution in [3.8, 4) is 28.6 Å². The van der Waals surface area contributed by atoms with Crippen molar-refractivity contribution in [3.63, 3.8) is 0 Å². The first-order chi connectivity index (χ1) is 15.8. The molecule has 0 unspecified atom stereocenters. The van der Waals surface area contributed by atoms with Crippen LogP contribution in [0.1, 0.15) is 30.9 Å². The third-order valence-electron chi connectivity index (χ3n) is 5.42. The van der Waals surface area contributed by atoms with Crippen molar-refractivity contribution in [1.82, 2.24) is 19.7 Å². The molecule has 0 bridgehead atoms.